The third-order valence-corrected chi connectivity index (χ3v) is 11.3. The van der Waals surface area contributed by atoms with Crippen molar-refractivity contribution in [3.05, 3.63) is 112 Å². The molecule has 0 atom stereocenters. The molecule has 2 aliphatic heterocycles. The summed E-state index contributed by atoms with van der Waals surface area (Å²) in [5, 5.41) is 0. The Hall–Kier alpha value is -4.68. The van der Waals surface area contributed by atoms with Gasteiger partial charge in [0.25, 0.3) is 0 Å². The van der Waals surface area contributed by atoms with Gasteiger partial charge >= 0.3 is 0 Å². The summed E-state index contributed by atoms with van der Waals surface area (Å²) in [5.74, 6) is 0.905. The molecule has 0 fully saturated rings. The number of nitrogens with zero attached hydrogens (tertiary/aromatic N) is 2. The normalized spacial score (nSPS) is 12.1. The summed E-state index contributed by atoms with van der Waals surface area (Å²) >= 11 is 3.89. The lowest BCUT2D eigenvalue weighted by Gasteiger charge is -2.09. The zero-order valence-corrected chi connectivity index (χ0v) is 33.3. The van der Waals surface area contributed by atoms with Crippen molar-refractivity contribution in [2.45, 2.75) is 96.8 Å². The molecule has 0 unspecified atom stereocenters. The number of benzene rings is 2. The molecule has 8 bridgehead atoms. The Balaban J connectivity index is 1.05. The number of fused-ring (bicyclic) bond motifs is 8. The number of halogens is 1. The molecule has 0 aliphatic carbocycles. The number of hydrogen-bond acceptors (Lipinski definition) is 3. The zero-order chi connectivity index (χ0) is 37.0. The van der Waals surface area contributed by atoms with Crippen molar-refractivity contribution in [2.24, 2.45) is 0 Å². The summed E-state index contributed by atoms with van der Waals surface area (Å²) < 4.78 is 7.09. The van der Waals surface area contributed by atoms with E-state index in [9.17, 15) is 0 Å². The molecule has 3 aromatic heterocycles. The topological polar surface area (TPSA) is 66.6 Å². The van der Waals surface area contributed by atoms with E-state index in [1.807, 2.05) is 6.07 Å². The minimum atomic E-state index is 0.754. The molecule has 0 radical (unpaired) electrons. The maximum Gasteiger partial charge on any atom is 0.119 e. The summed E-state index contributed by atoms with van der Waals surface area (Å²) in [4.78, 5) is 17.5. The van der Waals surface area contributed by atoms with Crippen molar-refractivity contribution in [2.75, 3.05) is 6.61 Å². The highest BCUT2D eigenvalue weighted by Gasteiger charge is 2.15. The van der Waals surface area contributed by atoms with Crippen molar-refractivity contribution in [3.8, 4) is 28.0 Å². The van der Waals surface area contributed by atoms with Gasteiger partial charge in [-0.05, 0) is 100 Å². The second-order valence-electron chi connectivity index (χ2n) is 14.6. The van der Waals surface area contributed by atoms with Crippen molar-refractivity contribution in [1.29, 1.82) is 0 Å². The van der Waals surface area contributed by atoms with E-state index in [0.29, 0.717) is 0 Å². The summed E-state index contributed by atoms with van der Waals surface area (Å²) in [6.07, 6.45) is 27.4. The molecule has 0 saturated carbocycles. The van der Waals surface area contributed by atoms with Crippen LogP contribution in [0.25, 0.3) is 68.6 Å². The first-order valence-electron chi connectivity index (χ1n) is 20.2. The molecule has 7 rings (SSSR count). The van der Waals surface area contributed by atoms with Gasteiger partial charge in [0, 0.05) is 27.7 Å². The van der Waals surface area contributed by atoms with Crippen LogP contribution in [0.1, 0.15) is 120 Å². The number of nitrogens with one attached hydrogen (secondary N) is 2. The standard InChI is InChI=1S/C48H53BrN4O/c1-2-3-4-5-6-7-8-9-10-11-12-13-14-18-33-54-39-25-21-36(22-26-39)47-41-28-24-38(51-41)34-37-23-27-40(50-37)46(35-19-16-15-17-20-35)42-29-31-44(52-42)48(49)45-32-30-43(47)53-45/h15-17,19-32,34,51-52H,2-14,18,33H2,1H3. The van der Waals surface area contributed by atoms with Crippen molar-refractivity contribution in [1.82, 2.24) is 19.9 Å². The molecule has 0 amide bonds. The molecule has 6 heteroatoms. The fourth-order valence-corrected chi connectivity index (χ4v) is 7.97. The van der Waals surface area contributed by atoms with E-state index in [4.69, 9.17) is 14.7 Å². The first-order valence-corrected chi connectivity index (χ1v) is 21.0. The summed E-state index contributed by atoms with van der Waals surface area (Å²) in [7, 11) is 0. The van der Waals surface area contributed by atoms with Crippen molar-refractivity contribution in [3.63, 3.8) is 0 Å². The van der Waals surface area contributed by atoms with Crippen LogP contribution in [0.15, 0.2) is 89.4 Å². The first-order chi connectivity index (χ1) is 26.7. The van der Waals surface area contributed by atoms with E-state index in [0.717, 1.165) is 90.3 Å². The highest BCUT2D eigenvalue weighted by atomic mass is 79.9. The molecule has 2 N–H and O–H groups in total. The number of rotatable bonds is 18. The Labute approximate surface area is 329 Å². The smallest absolute Gasteiger partial charge is 0.119 e. The van der Waals surface area contributed by atoms with E-state index in [1.165, 1.54) is 83.5 Å². The Morgan fingerprint density at radius 1 is 0.519 bits per heavy atom. The average molecular weight is 782 g/mol. The van der Waals surface area contributed by atoms with Crippen LogP contribution < -0.4 is 4.74 Å². The van der Waals surface area contributed by atoms with Gasteiger partial charge < -0.3 is 14.7 Å². The number of unbranched alkanes of at least 4 members (excludes halogenated alkanes) is 13. The van der Waals surface area contributed by atoms with Crippen LogP contribution in [0, 0.1) is 0 Å². The summed E-state index contributed by atoms with van der Waals surface area (Å²) in [6.45, 7) is 3.04. The van der Waals surface area contributed by atoms with Gasteiger partial charge in [-0.15, -0.1) is 0 Å². The van der Waals surface area contributed by atoms with E-state index >= 15 is 0 Å². The minimum absolute atomic E-state index is 0.754. The van der Waals surface area contributed by atoms with E-state index < -0.39 is 0 Å². The summed E-state index contributed by atoms with van der Waals surface area (Å²) in [6, 6.07) is 29.5. The highest BCUT2D eigenvalue weighted by molar-refractivity contribution is 9.10. The van der Waals surface area contributed by atoms with Crippen molar-refractivity contribution >= 4 is 62.3 Å². The van der Waals surface area contributed by atoms with E-state index in [2.05, 4.69) is 136 Å². The largest absolute Gasteiger partial charge is 0.494 e. The monoisotopic (exact) mass is 780 g/mol. The molecule has 0 spiro atoms. The molecule has 5 heterocycles. The average Bonchev–Trinajstić information content (AvgIpc) is 4.04. The summed E-state index contributed by atoms with van der Waals surface area (Å²) in [5.41, 5.74) is 11.8. The van der Waals surface area contributed by atoms with E-state index in [1.54, 1.807) is 0 Å². The SMILES string of the molecule is CCCCCCCCCCCCCCCCOc1ccc(-c2c3nc(c(Br)c4ccc([nH]4)c(-c4ccccc4)c4nc(cc5ccc2[nH]5)C=C4)C=C3)cc1. The lowest BCUT2D eigenvalue weighted by atomic mass is 10.0. The zero-order valence-electron chi connectivity index (χ0n) is 31.7. The van der Waals surface area contributed by atoms with Gasteiger partial charge in [0.05, 0.1) is 39.4 Å². The molecule has 278 valence electrons. The number of hydrogen-bond donors (Lipinski definition) is 2. The Kier molecular flexibility index (Phi) is 13.3. The molecule has 2 aromatic carbocycles. The van der Waals surface area contributed by atoms with Crippen LogP contribution in [0.4, 0.5) is 0 Å². The van der Waals surface area contributed by atoms with Gasteiger partial charge in [0.15, 0.2) is 0 Å². The number of aromatic nitrogens is 4. The van der Waals surface area contributed by atoms with Gasteiger partial charge in [0.2, 0.25) is 0 Å². The lowest BCUT2D eigenvalue weighted by molar-refractivity contribution is 0.304. The molecule has 5 nitrogen and oxygen atoms in total. The van der Waals surface area contributed by atoms with Gasteiger partial charge in [-0.25, -0.2) is 9.97 Å². The second kappa shape index (κ2) is 19.1. The third kappa shape index (κ3) is 9.70. The minimum Gasteiger partial charge on any atom is -0.494 e. The van der Waals surface area contributed by atoms with Gasteiger partial charge in [-0.1, -0.05) is 133 Å². The predicted octanol–water partition coefficient (Wildman–Crippen LogP) is 14.6. The Morgan fingerprint density at radius 2 is 1.07 bits per heavy atom. The quantitative estimate of drug-likeness (QED) is 0.0852. The second-order valence-corrected chi connectivity index (χ2v) is 15.4. The van der Waals surface area contributed by atoms with Gasteiger partial charge in [0.1, 0.15) is 5.75 Å². The van der Waals surface area contributed by atoms with Gasteiger partial charge in [-0.2, -0.15) is 0 Å². The molecular formula is C48H53BrN4O. The van der Waals surface area contributed by atoms with Crippen LogP contribution in [0.2, 0.25) is 0 Å². The highest BCUT2D eigenvalue weighted by Crippen LogP contribution is 2.35. The van der Waals surface area contributed by atoms with Crippen LogP contribution in [-0.2, 0) is 0 Å². The van der Waals surface area contributed by atoms with Crippen LogP contribution >= 0.6 is 15.9 Å². The maximum absolute atomic E-state index is 6.19. The fraction of sp³-hybridized carbons (Fsp3) is 0.333. The van der Waals surface area contributed by atoms with Crippen LogP contribution in [0.3, 0.4) is 0 Å². The maximum atomic E-state index is 6.19. The first kappa shape index (κ1) is 37.6. The predicted molar refractivity (Wildman–Crippen MR) is 233 cm³/mol. The molecule has 5 aromatic rings. The molecule has 54 heavy (non-hydrogen) atoms. The molecule has 0 saturated heterocycles. The molecule has 2 aliphatic rings. The van der Waals surface area contributed by atoms with Crippen molar-refractivity contribution < 1.29 is 4.74 Å². The Morgan fingerprint density at radius 3 is 1.78 bits per heavy atom. The number of aromatic amines is 2. The van der Waals surface area contributed by atoms with E-state index in [-0.39, 0.29) is 0 Å². The van der Waals surface area contributed by atoms with Crippen LogP contribution in [0.5, 0.6) is 5.75 Å². The Bertz CT molecular complexity index is 2210. The van der Waals surface area contributed by atoms with Crippen LogP contribution in [-0.4, -0.2) is 26.5 Å². The lowest BCUT2D eigenvalue weighted by Crippen LogP contribution is -1.97. The fourth-order valence-electron chi connectivity index (χ4n) is 7.52. The van der Waals surface area contributed by atoms with Gasteiger partial charge in [-0.3, -0.25) is 0 Å². The number of ether oxygens (including phenoxy) is 1. The molecular weight excluding hydrogens is 728 g/mol. The third-order valence-electron chi connectivity index (χ3n) is 10.5. The number of H-pyrrole nitrogens is 2.